The maximum atomic E-state index is 13.5. The molecular weight excluding hydrogens is 354 g/mol. The molecule has 0 amide bonds. The Morgan fingerprint density at radius 3 is 2.36 bits per heavy atom. The van der Waals surface area contributed by atoms with Crippen LogP contribution in [0.2, 0.25) is 0 Å². The highest BCUT2D eigenvalue weighted by Crippen LogP contribution is 2.34. The third-order valence-electron chi connectivity index (χ3n) is 3.64. The van der Waals surface area contributed by atoms with Crippen LogP contribution in [0.4, 0.5) is 17.6 Å². The summed E-state index contributed by atoms with van der Waals surface area (Å²) in [6.45, 7) is 1.76. The first kappa shape index (κ1) is 19.7. The highest BCUT2D eigenvalue weighted by atomic mass is 32.2. The number of alkyl halides is 3. The van der Waals surface area contributed by atoms with Crippen molar-refractivity contribution in [3.8, 4) is 0 Å². The number of hydrogen-bond donors (Lipinski definition) is 2. The number of nitrogens with two attached hydrogens (primary N) is 1. The van der Waals surface area contributed by atoms with Crippen LogP contribution in [0.3, 0.4) is 0 Å². The summed E-state index contributed by atoms with van der Waals surface area (Å²) in [6.07, 6.45) is -2.53. The third kappa shape index (κ3) is 5.69. The number of nitrogens with one attached hydrogen (secondary N) is 1. The Balaban J connectivity index is 2.15. The zero-order chi connectivity index (χ0) is 18.4. The number of halogens is 4. The zero-order valence-corrected chi connectivity index (χ0v) is 14.3. The van der Waals surface area contributed by atoms with Crippen molar-refractivity contribution >= 4 is 11.8 Å². The fourth-order valence-corrected chi connectivity index (χ4v) is 3.33. The van der Waals surface area contributed by atoms with E-state index in [0.717, 1.165) is 24.3 Å². The Hall–Kier alpha value is -1.64. The van der Waals surface area contributed by atoms with Crippen LogP contribution in [-0.2, 0) is 0 Å². The SMILES string of the molecule is CC[C@H](NC(c1ccc(F)cc1)C(F)(F)F)C(N)Sc1ccccn1. The van der Waals surface area contributed by atoms with Gasteiger partial charge in [0.2, 0.25) is 0 Å². The molecule has 25 heavy (non-hydrogen) atoms. The molecule has 2 unspecified atom stereocenters. The van der Waals surface area contributed by atoms with E-state index in [1.54, 1.807) is 31.3 Å². The van der Waals surface area contributed by atoms with Gasteiger partial charge in [0.1, 0.15) is 11.9 Å². The Morgan fingerprint density at radius 2 is 1.84 bits per heavy atom. The molecule has 0 fully saturated rings. The lowest BCUT2D eigenvalue weighted by Gasteiger charge is -2.30. The minimum absolute atomic E-state index is 0.0533. The van der Waals surface area contributed by atoms with Gasteiger partial charge in [-0.2, -0.15) is 13.2 Å². The number of aromatic nitrogens is 1. The lowest BCUT2D eigenvalue weighted by Crippen LogP contribution is -2.48. The number of hydrogen-bond acceptors (Lipinski definition) is 4. The predicted molar refractivity (Wildman–Crippen MR) is 90.5 cm³/mol. The summed E-state index contributed by atoms with van der Waals surface area (Å²) >= 11 is 1.20. The summed E-state index contributed by atoms with van der Waals surface area (Å²) in [4.78, 5) is 4.12. The van der Waals surface area contributed by atoms with Gasteiger partial charge < -0.3 is 5.73 Å². The standard InChI is InChI=1S/C17H19F4N3S/c1-2-13(16(22)25-14-5-3-4-10-23-14)24-15(17(19,20)21)11-6-8-12(18)9-7-11/h3-10,13,15-16,24H,2,22H2,1H3/t13-,15?,16?/m0/s1. The van der Waals surface area contributed by atoms with E-state index in [2.05, 4.69) is 10.3 Å². The number of benzene rings is 1. The van der Waals surface area contributed by atoms with Crippen LogP contribution in [0.25, 0.3) is 0 Å². The largest absolute Gasteiger partial charge is 0.407 e. The van der Waals surface area contributed by atoms with Crippen molar-refractivity contribution in [2.75, 3.05) is 0 Å². The summed E-state index contributed by atoms with van der Waals surface area (Å²) in [7, 11) is 0. The molecule has 0 spiro atoms. The van der Waals surface area contributed by atoms with Gasteiger partial charge in [-0.1, -0.05) is 36.9 Å². The molecule has 0 radical (unpaired) electrons. The average Bonchev–Trinajstić information content (AvgIpc) is 2.56. The molecule has 0 bridgehead atoms. The van der Waals surface area contributed by atoms with E-state index < -0.39 is 29.5 Å². The first-order chi connectivity index (χ1) is 11.8. The number of pyridine rings is 1. The second kappa shape index (κ2) is 8.64. The van der Waals surface area contributed by atoms with E-state index in [1.807, 2.05) is 0 Å². The summed E-state index contributed by atoms with van der Waals surface area (Å²) in [5.74, 6) is -0.584. The average molecular weight is 373 g/mol. The summed E-state index contributed by atoms with van der Waals surface area (Å²) in [5.41, 5.74) is 6.03. The van der Waals surface area contributed by atoms with Crippen molar-refractivity contribution in [1.82, 2.24) is 10.3 Å². The minimum atomic E-state index is -4.53. The monoisotopic (exact) mass is 373 g/mol. The topological polar surface area (TPSA) is 50.9 Å². The first-order valence-electron chi connectivity index (χ1n) is 7.72. The molecule has 2 aromatic rings. The number of rotatable bonds is 7. The fraction of sp³-hybridized carbons (Fsp3) is 0.353. The fourth-order valence-electron chi connectivity index (χ4n) is 2.33. The molecule has 1 aromatic carbocycles. The third-order valence-corrected chi connectivity index (χ3v) is 4.73. The minimum Gasteiger partial charge on any atom is -0.318 e. The Morgan fingerprint density at radius 1 is 1.16 bits per heavy atom. The summed E-state index contributed by atoms with van der Waals surface area (Å²) < 4.78 is 53.4. The lowest BCUT2D eigenvalue weighted by molar-refractivity contribution is -0.159. The molecule has 3 nitrogen and oxygen atoms in total. The molecule has 0 saturated heterocycles. The van der Waals surface area contributed by atoms with Gasteiger partial charge in [-0.15, -0.1) is 0 Å². The van der Waals surface area contributed by atoms with Gasteiger partial charge in [-0.25, -0.2) is 9.37 Å². The van der Waals surface area contributed by atoms with E-state index >= 15 is 0 Å². The zero-order valence-electron chi connectivity index (χ0n) is 13.5. The van der Waals surface area contributed by atoms with Gasteiger partial charge >= 0.3 is 6.18 Å². The predicted octanol–water partition coefficient (Wildman–Crippen LogP) is 4.27. The molecule has 1 heterocycles. The molecule has 136 valence electrons. The molecule has 0 saturated carbocycles. The maximum Gasteiger partial charge on any atom is 0.407 e. The highest BCUT2D eigenvalue weighted by Gasteiger charge is 2.42. The molecule has 3 N–H and O–H groups in total. The van der Waals surface area contributed by atoms with Crippen molar-refractivity contribution in [2.45, 2.75) is 42.0 Å². The van der Waals surface area contributed by atoms with E-state index in [4.69, 9.17) is 5.73 Å². The summed E-state index contributed by atoms with van der Waals surface area (Å²) in [6, 6.07) is 7.04. The Bertz CT molecular complexity index is 649. The Kier molecular flexibility index (Phi) is 6.80. The van der Waals surface area contributed by atoms with Crippen LogP contribution in [0.1, 0.15) is 24.9 Å². The van der Waals surface area contributed by atoms with E-state index in [9.17, 15) is 17.6 Å². The van der Waals surface area contributed by atoms with Crippen molar-refractivity contribution in [3.05, 3.63) is 60.0 Å². The second-order valence-electron chi connectivity index (χ2n) is 5.46. The molecule has 8 heteroatoms. The smallest absolute Gasteiger partial charge is 0.318 e. The van der Waals surface area contributed by atoms with E-state index in [-0.39, 0.29) is 5.56 Å². The van der Waals surface area contributed by atoms with Crippen LogP contribution in [0, 0.1) is 5.82 Å². The van der Waals surface area contributed by atoms with E-state index in [0.29, 0.717) is 11.4 Å². The van der Waals surface area contributed by atoms with Crippen molar-refractivity contribution < 1.29 is 17.6 Å². The highest BCUT2D eigenvalue weighted by molar-refractivity contribution is 7.99. The number of nitrogens with zero attached hydrogens (tertiary/aromatic N) is 1. The van der Waals surface area contributed by atoms with Crippen molar-refractivity contribution in [3.63, 3.8) is 0 Å². The van der Waals surface area contributed by atoms with Crippen LogP contribution >= 0.6 is 11.8 Å². The normalized spacial score (nSPS) is 15.6. The quantitative estimate of drug-likeness (QED) is 0.432. The van der Waals surface area contributed by atoms with Gasteiger partial charge in [0.05, 0.1) is 10.4 Å². The lowest BCUT2D eigenvalue weighted by atomic mass is 10.0. The summed E-state index contributed by atoms with van der Waals surface area (Å²) in [5, 5.41) is 2.60. The van der Waals surface area contributed by atoms with Crippen LogP contribution in [-0.4, -0.2) is 22.6 Å². The molecule has 1 aromatic heterocycles. The first-order valence-corrected chi connectivity index (χ1v) is 8.60. The van der Waals surface area contributed by atoms with Crippen LogP contribution in [0.5, 0.6) is 0 Å². The van der Waals surface area contributed by atoms with Crippen LogP contribution < -0.4 is 11.1 Å². The molecule has 0 aliphatic rings. The Labute approximate surface area is 148 Å². The molecule has 0 aliphatic heterocycles. The van der Waals surface area contributed by atoms with Crippen molar-refractivity contribution in [2.24, 2.45) is 5.73 Å². The number of thioether (sulfide) groups is 1. The van der Waals surface area contributed by atoms with E-state index in [1.165, 1.54) is 11.8 Å². The molecule has 3 atom stereocenters. The molecular formula is C17H19F4N3S. The van der Waals surface area contributed by atoms with Gasteiger partial charge in [0.25, 0.3) is 0 Å². The maximum absolute atomic E-state index is 13.5. The molecule has 2 rings (SSSR count). The molecule has 0 aliphatic carbocycles. The van der Waals surface area contributed by atoms with Gasteiger partial charge in [-0.3, -0.25) is 5.32 Å². The van der Waals surface area contributed by atoms with Crippen molar-refractivity contribution in [1.29, 1.82) is 0 Å². The van der Waals surface area contributed by atoms with Gasteiger partial charge in [0.15, 0.2) is 0 Å². The van der Waals surface area contributed by atoms with Gasteiger partial charge in [-0.05, 0) is 36.2 Å². The van der Waals surface area contributed by atoms with Crippen LogP contribution in [0.15, 0.2) is 53.7 Å². The second-order valence-corrected chi connectivity index (χ2v) is 6.66. The van der Waals surface area contributed by atoms with Gasteiger partial charge in [0, 0.05) is 12.2 Å².